The number of nitrogens with zero attached hydrogens (tertiary/aromatic N) is 3. The third kappa shape index (κ3) is 3.68. The third-order valence-electron chi connectivity index (χ3n) is 6.38. The zero-order valence-corrected chi connectivity index (χ0v) is 18.5. The second-order valence-electron chi connectivity index (χ2n) is 8.50. The van der Waals surface area contributed by atoms with Gasteiger partial charge in [0.2, 0.25) is 5.95 Å². The number of hydrogen-bond acceptors (Lipinski definition) is 5. The van der Waals surface area contributed by atoms with Crippen LogP contribution in [0.1, 0.15) is 11.1 Å². The smallest absolute Gasteiger partial charge is 0.227 e. The lowest BCUT2D eigenvalue weighted by Crippen LogP contribution is -2.16. The summed E-state index contributed by atoms with van der Waals surface area (Å²) in [6.07, 6.45) is 9.53. The first-order valence-electron chi connectivity index (χ1n) is 11.3. The molecular formula is C27H25N5O. The van der Waals surface area contributed by atoms with Gasteiger partial charge in [0.05, 0.1) is 18.2 Å². The molecule has 0 spiro atoms. The first-order chi connectivity index (χ1) is 16.3. The second-order valence-corrected chi connectivity index (χ2v) is 8.50. The van der Waals surface area contributed by atoms with Gasteiger partial charge in [-0.2, -0.15) is 0 Å². The fourth-order valence-corrected chi connectivity index (χ4v) is 4.69. The number of aryl methyl sites for hydroxylation is 1. The molecule has 164 valence electrons. The number of aromatic nitrogens is 3. The van der Waals surface area contributed by atoms with Gasteiger partial charge in [-0.25, -0.2) is 9.97 Å². The van der Waals surface area contributed by atoms with Crippen LogP contribution in [-0.4, -0.2) is 27.6 Å². The van der Waals surface area contributed by atoms with E-state index in [2.05, 4.69) is 75.9 Å². The van der Waals surface area contributed by atoms with Crippen molar-refractivity contribution in [1.29, 1.82) is 0 Å². The van der Waals surface area contributed by atoms with Crippen LogP contribution in [0.5, 0.6) is 0 Å². The Morgan fingerprint density at radius 1 is 1.00 bits per heavy atom. The number of para-hydroxylation sites is 1. The van der Waals surface area contributed by atoms with Gasteiger partial charge in [-0.15, -0.1) is 0 Å². The Kier molecular flexibility index (Phi) is 4.92. The minimum absolute atomic E-state index is 0.580. The summed E-state index contributed by atoms with van der Waals surface area (Å²) in [6.45, 7) is 2.05. The van der Waals surface area contributed by atoms with E-state index in [1.54, 1.807) is 12.5 Å². The first-order valence-corrected chi connectivity index (χ1v) is 11.3. The van der Waals surface area contributed by atoms with Gasteiger partial charge >= 0.3 is 0 Å². The molecule has 0 bridgehead atoms. The lowest BCUT2D eigenvalue weighted by molar-refractivity contribution is 0.568. The van der Waals surface area contributed by atoms with E-state index in [0.29, 0.717) is 5.95 Å². The molecule has 33 heavy (non-hydrogen) atoms. The van der Waals surface area contributed by atoms with Crippen LogP contribution in [0.3, 0.4) is 0 Å². The van der Waals surface area contributed by atoms with Crippen LogP contribution in [0.25, 0.3) is 33.3 Å². The Labute approximate surface area is 192 Å². The van der Waals surface area contributed by atoms with Gasteiger partial charge in [0.1, 0.15) is 0 Å². The molecule has 0 aliphatic carbocycles. The average Bonchev–Trinajstić information content (AvgIpc) is 3.42. The number of furan rings is 1. The van der Waals surface area contributed by atoms with E-state index in [-0.39, 0.29) is 0 Å². The van der Waals surface area contributed by atoms with Crippen molar-refractivity contribution in [3.8, 4) is 22.4 Å². The standard InChI is InChI=1S/C27H25N5O/c1-32-16-24(22-4-2-3-5-25(22)32)26-23(20-10-13-33-17-20)15-29-27(31-26)30-21-7-6-18-8-11-28-12-9-19(18)14-21/h2-7,10,13-17,28H,8-9,11-12H2,1H3,(H,29,30,31). The number of rotatable bonds is 4. The number of nitrogens with one attached hydrogen (secondary N) is 2. The van der Waals surface area contributed by atoms with Crippen LogP contribution in [-0.2, 0) is 19.9 Å². The molecule has 6 nitrogen and oxygen atoms in total. The normalized spacial score (nSPS) is 13.6. The summed E-state index contributed by atoms with van der Waals surface area (Å²) in [5, 5.41) is 8.07. The minimum Gasteiger partial charge on any atom is -0.472 e. The van der Waals surface area contributed by atoms with Crippen molar-refractivity contribution in [1.82, 2.24) is 19.9 Å². The highest BCUT2D eigenvalue weighted by Crippen LogP contribution is 2.36. The molecule has 3 aromatic heterocycles. The zero-order valence-electron chi connectivity index (χ0n) is 18.5. The van der Waals surface area contributed by atoms with Crippen molar-refractivity contribution < 1.29 is 4.42 Å². The molecule has 6 heteroatoms. The Balaban J connectivity index is 1.44. The molecule has 1 aliphatic rings. The summed E-state index contributed by atoms with van der Waals surface area (Å²) in [7, 11) is 2.06. The number of fused-ring (bicyclic) bond motifs is 2. The van der Waals surface area contributed by atoms with Gasteiger partial charge in [-0.3, -0.25) is 0 Å². The lowest BCUT2D eigenvalue weighted by Gasteiger charge is -2.12. The summed E-state index contributed by atoms with van der Waals surface area (Å²) < 4.78 is 7.50. The number of anilines is 2. The molecule has 5 aromatic rings. The fourth-order valence-electron chi connectivity index (χ4n) is 4.69. The molecular weight excluding hydrogens is 410 g/mol. The average molecular weight is 436 g/mol. The molecule has 2 aromatic carbocycles. The first kappa shape index (κ1) is 19.8. The van der Waals surface area contributed by atoms with Crippen molar-refractivity contribution >= 4 is 22.5 Å². The summed E-state index contributed by atoms with van der Waals surface area (Å²) in [5.74, 6) is 0.580. The van der Waals surface area contributed by atoms with Crippen LogP contribution < -0.4 is 10.6 Å². The molecule has 0 amide bonds. The lowest BCUT2D eigenvalue weighted by atomic mass is 10.0. The fraction of sp³-hybridized carbons (Fsp3) is 0.185. The van der Waals surface area contributed by atoms with Crippen LogP contribution in [0, 0.1) is 0 Å². The Morgan fingerprint density at radius 2 is 1.88 bits per heavy atom. The number of hydrogen-bond donors (Lipinski definition) is 2. The highest BCUT2D eigenvalue weighted by Gasteiger charge is 2.17. The molecule has 0 unspecified atom stereocenters. The summed E-state index contributed by atoms with van der Waals surface area (Å²) in [5.41, 5.74) is 8.83. The van der Waals surface area contributed by atoms with E-state index in [1.165, 1.54) is 11.1 Å². The molecule has 0 radical (unpaired) electrons. The maximum Gasteiger partial charge on any atom is 0.227 e. The van der Waals surface area contributed by atoms with E-state index < -0.39 is 0 Å². The van der Waals surface area contributed by atoms with Gasteiger partial charge in [0.15, 0.2) is 0 Å². The van der Waals surface area contributed by atoms with E-state index in [9.17, 15) is 0 Å². The summed E-state index contributed by atoms with van der Waals surface area (Å²) in [6, 6.07) is 16.9. The third-order valence-corrected chi connectivity index (χ3v) is 6.38. The summed E-state index contributed by atoms with van der Waals surface area (Å²) >= 11 is 0. The van der Waals surface area contributed by atoms with E-state index in [4.69, 9.17) is 9.40 Å². The Morgan fingerprint density at radius 3 is 2.76 bits per heavy atom. The molecule has 2 N–H and O–H groups in total. The van der Waals surface area contributed by atoms with Crippen LogP contribution in [0.15, 0.2) is 77.9 Å². The van der Waals surface area contributed by atoms with Crippen molar-refractivity contribution in [2.75, 3.05) is 18.4 Å². The van der Waals surface area contributed by atoms with Crippen LogP contribution >= 0.6 is 0 Å². The summed E-state index contributed by atoms with van der Waals surface area (Å²) in [4.78, 5) is 9.65. The monoisotopic (exact) mass is 435 g/mol. The maximum absolute atomic E-state index is 5.36. The Bertz CT molecular complexity index is 1430. The van der Waals surface area contributed by atoms with E-state index in [0.717, 1.165) is 64.9 Å². The minimum atomic E-state index is 0.580. The second kappa shape index (κ2) is 8.22. The van der Waals surface area contributed by atoms with Crippen molar-refractivity contribution in [2.45, 2.75) is 12.8 Å². The van der Waals surface area contributed by atoms with Crippen LogP contribution in [0.4, 0.5) is 11.6 Å². The van der Waals surface area contributed by atoms with Crippen LogP contribution in [0.2, 0.25) is 0 Å². The SMILES string of the molecule is Cn1cc(-c2nc(Nc3ccc4c(c3)CCNCC4)ncc2-c2ccoc2)c2ccccc21. The topological polar surface area (TPSA) is 67.9 Å². The highest BCUT2D eigenvalue weighted by molar-refractivity contribution is 5.98. The zero-order chi connectivity index (χ0) is 22.2. The molecule has 1 aliphatic heterocycles. The van der Waals surface area contributed by atoms with Gasteiger partial charge < -0.3 is 19.6 Å². The van der Waals surface area contributed by atoms with E-state index in [1.807, 2.05) is 12.3 Å². The van der Waals surface area contributed by atoms with Crippen molar-refractivity contribution in [3.05, 3.63) is 84.6 Å². The van der Waals surface area contributed by atoms with Crippen molar-refractivity contribution in [3.63, 3.8) is 0 Å². The maximum atomic E-state index is 5.36. The molecule has 0 saturated carbocycles. The van der Waals surface area contributed by atoms with Gasteiger partial charge in [0.25, 0.3) is 0 Å². The molecule has 0 saturated heterocycles. The molecule has 4 heterocycles. The largest absolute Gasteiger partial charge is 0.472 e. The Hall–Kier alpha value is -3.90. The predicted molar refractivity (Wildman–Crippen MR) is 132 cm³/mol. The quantitative estimate of drug-likeness (QED) is 0.400. The molecule has 0 fully saturated rings. The van der Waals surface area contributed by atoms with E-state index >= 15 is 0 Å². The van der Waals surface area contributed by atoms with Gasteiger partial charge in [0, 0.05) is 52.7 Å². The predicted octanol–water partition coefficient (Wildman–Crippen LogP) is 5.33. The van der Waals surface area contributed by atoms with Gasteiger partial charge in [-0.1, -0.05) is 24.3 Å². The van der Waals surface area contributed by atoms with Gasteiger partial charge in [-0.05, 0) is 61.3 Å². The molecule has 6 rings (SSSR count). The number of benzene rings is 2. The molecule has 0 atom stereocenters. The van der Waals surface area contributed by atoms with Crippen molar-refractivity contribution in [2.24, 2.45) is 7.05 Å². The highest BCUT2D eigenvalue weighted by atomic mass is 16.3.